The van der Waals surface area contributed by atoms with Gasteiger partial charge in [0.25, 0.3) is 0 Å². The average molecular weight is 312 g/mol. The Kier molecular flexibility index (Phi) is 4.19. The summed E-state index contributed by atoms with van der Waals surface area (Å²) in [6.45, 7) is 3.05. The van der Waals surface area contributed by atoms with Gasteiger partial charge in [-0.2, -0.15) is 0 Å². The van der Waals surface area contributed by atoms with Crippen molar-refractivity contribution in [3.05, 3.63) is 17.7 Å². The molecule has 0 amide bonds. The Balaban J connectivity index is 1.56. The van der Waals surface area contributed by atoms with Crippen LogP contribution < -0.4 is 0 Å². The highest BCUT2D eigenvalue weighted by atomic mass is 19.3. The number of nitrogens with zero attached hydrogens (tertiary/aromatic N) is 2. The molecule has 2 aliphatic rings. The molecule has 1 saturated carbocycles. The summed E-state index contributed by atoms with van der Waals surface area (Å²) < 4.78 is 33.1. The van der Waals surface area contributed by atoms with E-state index in [1.165, 1.54) is 0 Å². The van der Waals surface area contributed by atoms with E-state index in [0.29, 0.717) is 18.9 Å². The molecule has 1 aromatic heterocycles. The van der Waals surface area contributed by atoms with E-state index in [-0.39, 0.29) is 24.7 Å². The van der Waals surface area contributed by atoms with Crippen LogP contribution in [0.5, 0.6) is 0 Å². The first kappa shape index (κ1) is 15.4. The molecule has 6 heteroatoms. The number of hydrogen-bond acceptors (Lipinski definition) is 3. The standard InChI is InChI=1S/C16H22F2N2O2/c1-2-22-14(21)4-3-11-5-6-20-13(7-11)10-19-15(20)12-8-16(17,18)9-12/h10-12H,2-9H2,1H3. The number of fused-ring (bicyclic) bond motifs is 1. The summed E-state index contributed by atoms with van der Waals surface area (Å²) in [5.74, 6) is -1.47. The van der Waals surface area contributed by atoms with E-state index in [4.69, 9.17) is 4.74 Å². The van der Waals surface area contributed by atoms with Crippen molar-refractivity contribution in [2.75, 3.05) is 6.61 Å². The predicted octanol–water partition coefficient (Wildman–Crippen LogP) is 3.30. The van der Waals surface area contributed by atoms with Gasteiger partial charge in [-0.15, -0.1) is 0 Å². The van der Waals surface area contributed by atoms with Crippen LogP contribution in [0.2, 0.25) is 0 Å². The first-order chi connectivity index (χ1) is 10.5. The van der Waals surface area contributed by atoms with Crippen molar-refractivity contribution in [3.8, 4) is 0 Å². The molecule has 0 bridgehead atoms. The molecule has 0 saturated heterocycles. The molecule has 122 valence electrons. The number of ether oxygens (including phenoxy) is 1. The molecule has 3 rings (SSSR count). The first-order valence-electron chi connectivity index (χ1n) is 8.06. The van der Waals surface area contributed by atoms with Crippen LogP contribution >= 0.6 is 0 Å². The zero-order valence-electron chi connectivity index (χ0n) is 12.9. The maximum Gasteiger partial charge on any atom is 0.305 e. The van der Waals surface area contributed by atoms with Gasteiger partial charge in [0.2, 0.25) is 5.92 Å². The lowest BCUT2D eigenvalue weighted by Gasteiger charge is -2.35. The number of imidazole rings is 1. The van der Waals surface area contributed by atoms with Gasteiger partial charge in [0.1, 0.15) is 5.82 Å². The van der Waals surface area contributed by atoms with Crippen molar-refractivity contribution in [2.24, 2.45) is 5.92 Å². The largest absolute Gasteiger partial charge is 0.466 e. The van der Waals surface area contributed by atoms with Gasteiger partial charge < -0.3 is 9.30 Å². The van der Waals surface area contributed by atoms with Gasteiger partial charge in [0.05, 0.1) is 6.61 Å². The monoisotopic (exact) mass is 312 g/mol. The van der Waals surface area contributed by atoms with Crippen LogP contribution in [0, 0.1) is 5.92 Å². The molecule has 1 aromatic rings. The smallest absolute Gasteiger partial charge is 0.305 e. The molecule has 0 spiro atoms. The third-order valence-corrected chi connectivity index (χ3v) is 4.75. The van der Waals surface area contributed by atoms with Gasteiger partial charge in [-0.1, -0.05) is 0 Å². The van der Waals surface area contributed by atoms with Crippen LogP contribution in [-0.2, 0) is 22.5 Å². The van der Waals surface area contributed by atoms with Crippen LogP contribution in [0.15, 0.2) is 6.20 Å². The number of hydrogen-bond donors (Lipinski definition) is 0. The quantitative estimate of drug-likeness (QED) is 0.784. The van der Waals surface area contributed by atoms with E-state index in [0.717, 1.165) is 37.3 Å². The minimum absolute atomic E-state index is 0.0737. The van der Waals surface area contributed by atoms with Gasteiger partial charge in [0, 0.05) is 43.6 Å². The molecule has 1 aliphatic heterocycles. The predicted molar refractivity (Wildman–Crippen MR) is 76.8 cm³/mol. The molecule has 1 atom stereocenters. The average Bonchev–Trinajstić information content (AvgIpc) is 2.85. The fourth-order valence-electron chi connectivity index (χ4n) is 3.53. The fourth-order valence-corrected chi connectivity index (χ4v) is 3.53. The van der Waals surface area contributed by atoms with Crippen molar-refractivity contribution >= 4 is 5.97 Å². The molecule has 1 unspecified atom stereocenters. The zero-order chi connectivity index (χ0) is 15.7. The van der Waals surface area contributed by atoms with Crippen molar-refractivity contribution in [1.29, 1.82) is 0 Å². The number of carbonyl (C=O) groups is 1. The van der Waals surface area contributed by atoms with E-state index in [2.05, 4.69) is 9.55 Å². The third-order valence-electron chi connectivity index (χ3n) is 4.75. The van der Waals surface area contributed by atoms with E-state index < -0.39 is 5.92 Å². The Morgan fingerprint density at radius 1 is 1.50 bits per heavy atom. The molecular weight excluding hydrogens is 290 g/mol. The summed E-state index contributed by atoms with van der Waals surface area (Å²) in [6, 6.07) is 0. The SMILES string of the molecule is CCOC(=O)CCC1CCn2c(cnc2C2CC(F)(F)C2)C1. The lowest BCUT2D eigenvalue weighted by atomic mass is 9.80. The van der Waals surface area contributed by atoms with Gasteiger partial charge in [-0.3, -0.25) is 4.79 Å². The number of aromatic nitrogens is 2. The first-order valence-corrected chi connectivity index (χ1v) is 8.06. The van der Waals surface area contributed by atoms with Gasteiger partial charge in [-0.05, 0) is 32.1 Å². The van der Waals surface area contributed by atoms with E-state index in [1.54, 1.807) is 0 Å². The summed E-state index contributed by atoms with van der Waals surface area (Å²) in [4.78, 5) is 15.8. The van der Waals surface area contributed by atoms with Crippen molar-refractivity contribution in [3.63, 3.8) is 0 Å². The highest BCUT2D eigenvalue weighted by Crippen LogP contribution is 2.48. The van der Waals surface area contributed by atoms with E-state index in [9.17, 15) is 13.6 Å². The molecule has 0 radical (unpaired) electrons. The topological polar surface area (TPSA) is 44.1 Å². The Hall–Kier alpha value is -1.46. The molecule has 4 nitrogen and oxygen atoms in total. The molecule has 22 heavy (non-hydrogen) atoms. The van der Waals surface area contributed by atoms with Gasteiger partial charge in [-0.25, -0.2) is 13.8 Å². The molecule has 1 aliphatic carbocycles. The summed E-state index contributed by atoms with van der Waals surface area (Å²) in [5, 5.41) is 0. The van der Waals surface area contributed by atoms with Crippen LogP contribution in [0.4, 0.5) is 8.78 Å². The molecule has 2 heterocycles. The lowest BCUT2D eigenvalue weighted by Crippen LogP contribution is -2.36. The Labute approximate surface area is 128 Å². The second-order valence-corrected chi connectivity index (χ2v) is 6.42. The van der Waals surface area contributed by atoms with Crippen LogP contribution in [0.25, 0.3) is 0 Å². The van der Waals surface area contributed by atoms with Gasteiger partial charge in [0.15, 0.2) is 0 Å². The van der Waals surface area contributed by atoms with Crippen molar-refractivity contribution < 1.29 is 18.3 Å². The van der Waals surface area contributed by atoms with Crippen LogP contribution in [0.1, 0.15) is 56.5 Å². The van der Waals surface area contributed by atoms with Crippen molar-refractivity contribution in [1.82, 2.24) is 9.55 Å². The highest BCUT2D eigenvalue weighted by molar-refractivity contribution is 5.69. The maximum absolute atomic E-state index is 13.0. The number of halogens is 2. The minimum atomic E-state index is -2.51. The molecule has 1 fully saturated rings. The number of carbonyl (C=O) groups excluding carboxylic acids is 1. The molecular formula is C16H22F2N2O2. The Morgan fingerprint density at radius 3 is 2.95 bits per heavy atom. The summed E-state index contributed by atoms with van der Waals surface area (Å²) in [6.07, 6.45) is 4.79. The fraction of sp³-hybridized carbons (Fsp3) is 0.750. The number of esters is 1. The van der Waals surface area contributed by atoms with Crippen LogP contribution in [-0.4, -0.2) is 28.0 Å². The van der Waals surface area contributed by atoms with E-state index >= 15 is 0 Å². The van der Waals surface area contributed by atoms with Gasteiger partial charge >= 0.3 is 5.97 Å². The van der Waals surface area contributed by atoms with Crippen molar-refractivity contribution in [2.45, 2.75) is 63.8 Å². The molecule has 0 N–H and O–H groups in total. The highest BCUT2D eigenvalue weighted by Gasteiger charge is 2.48. The van der Waals surface area contributed by atoms with Crippen LogP contribution in [0.3, 0.4) is 0 Å². The normalized spacial score (nSPS) is 23.7. The maximum atomic E-state index is 13.0. The van der Waals surface area contributed by atoms with E-state index in [1.807, 2.05) is 13.1 Å². The molecule has 0 aromatic carbocycles. The minimum Gasteiger partial charge on any atom is -0.466 e. The lowest BCUT2D eigenvalue weighted by molar-refractivity contribution is -0.143. The zero-order valence-corrected chi connectivity index (χ0v) is 12.9. The Bertz CT molecular complexity index is 548. The Morgan fingerprint density at radius 2 is 2.27 bits per heavy atom. The second-order valence-electron chi connectivity index (χ2n) is 6.42. The summed E-state index contributed by atoms with van der Waals surface area (Å²) in [7, 11) is 0. The summed E-state index contributed by atoms with van der Waals surface area (Å²) in [5.41, 5.74) is 1.12. The number of rotatable bonds is 5. The number of alkyl halides is 2. The summed E-state index contributed by atoms with van der Waals surface area (Å²) >= 11 is 0. The third kappa shape index (κ3) is 3.15. The second kappa shape index (κ2) is 5.97.